The van der Waals surface area contributed by atoms with E-state index in [1.165, 1.54) is 0 Å². The van der Waals surface area contributed by atoms with E-state index in [4.69, 9.17) is 15.1 Å². The average molecular weight is 539 g/mol. The van der Waals surface area contributed by atoms with Crippen LogP contribution in [0.15, 0.2) is 89.8 Å². The Balaban J connectivity index is 1.37. The molecule has 1 saturated heterocycles. The van der Waals surface area contributed by atoms with Crippen LogP contribution in [-0.2, 0) is 16.4 Å². The summed E-state index contributed by atoms with van der Waals surface area (Å²) in [7, 11) is -3.56. The van der Waals surface area contributed by atoms with Gasteiger partial charge in [-0.15, -0.1) is 0 Å². The van der Waals surface area contributed by atoms with Gasteiger partial charge in [0.05, 0.1) is 21.7 Å². The van der Waals surface area contributed by atoms with Crippen molar-refractivity contribution in [1.29, 1.82) is 0 Å². The molecule has 8 nitrogen and oxygen atoms in total. The van der Waals surface area contributed by atoms with Crippen molar-refractivity contribution < 1.29 is 8.42 Å². The molecule has 3 aromatic carbocycles. The molecule has 0 atom stereocenters. The Labute approximate surface area is 228 Å². The van der Waals surface area contributed by atoms with Crippen LogP contribution in [0.5, 0.6) is 0 Å². The van der Waals surface area contributed by atoms with Crippen LogP contribution >= 0.6 is 0 Å². The van der Waals surface area contributed by atoms with E-state index in [9.17, 15) is 8.42 Å². The molecule has 5 aromatic rings. The first-order valence-corrected chi connectivity index (χ1v) is 14.5. The predicted molar refractivity (Wildman–Crippen MR) is 153 cm³/mol. The fourth-order valence-corrected chi connectivity index (χ4v) is 6.46. The van der Waals surface area contributed by atoms with Gasteiger partial charge in [-0.2, -0.15) is 9.40 Å². The maximum atomic E-state index is 13.3. The summed E-state index contributed by atoms with van der Waals surface area (Å²) in [6.07, 6.45) is 0.588. The molecule has 1 aliphatic rings. The molecule has 39 heavy (non-hydrogen) atoms. The second kappa shape index (κ2) is 10.2. The highest BCUT2D eigenvalue weighted by atomic mass is 32.2. The van der Waals surface area contributed by atoms with Crippen molar-refractivity contribution in [2.75, 3.05) is 31.1 Å². The summed E-state index contributed by atoms with van der Waals surface area (Å²) in [4.78, 5) is 12.5. The molecule has 0 amide bonds. The second-order valence-electron chi connectivity index (χ2n) is 9.86. The molecule has 1 aliphatic heterocycles. The lowest BCUT2D eigenvalue weighted by atomic mass is 10.1. The number of para-hydroxylation sites is 1. The SMILES string of the molecule is Cc1ccc(S(=O)(=O)N2CCN(c3nc(Cc4ccccc4)nc4c3c(C)nn4-c3ccccc3)CC2)cc1. The summed E-state index contributed by atoms with van der Waals surface area (Å²) in [6, 6.07) is 27.2. The van der Waals surface area contributed by atoms with Crippen LogP contribution in [0.2, 0.25) is 0 Å². The molecule has 0 saturated carbocycles. The van der Waals surface area contributed by atoms with Gasteiger partial charge in [0, 0.05) is 32.6 Å². The number of benzene rings is 3. The minimum absolute atomic E-state index is 0.330. The first-order chi connectivity index (χ1) is 18.9. The van der Waals surface area contributed by atoms with Gasteiger partial charge in [-0.25, -0.2) is 23.1 Å². The number of anilines is 1. The van der Waals surface area contributed by atoms with Gasteiger partial charge in [0.15, 0.2) is 5.65 Å². The molecule has 9 heteroatoms. The molecule has 198 valence electrons. The lowest BCUT2D eigenvalue weighted by Crippen LogP contribution is -2.49. The van der Waals surface area contributed by atoms with Crippen LogP contribution in [0.3, 0.4) is 0 Å². The second-order valence-corrected chi connectivity index (χ2v) is 11.8. The van der Waals surface area contributed by atoms with Crippen LogP contribution < -0.4 is 4.90 Å². The van der Waals surface area contributed by atoms with Crippen molar-refractivity contribution in [3.63, 3.8) is 0 Å². The van der Waals surface area contributed by atoms with Gasteiger partial charge < -0.3 is 4.90 Å². The number of fused-ring (bicyclic) bond motifs is 1. The highest BCUT2D eigenvalue weighted by Gasteiger charge is 2.30. The van der Waals surface area contributed by atoms with Gasteiger partial charge in [0.1, 0.15) is 11.6 Å². The van der Waals surface area contributed by atoms with Gasteiger partial charge in [0.25, 0.3) is 0 Å². The number of aromatic nitrogens is 4. The summed E-state index contributed by atoms with van der Waals surface area (Å²) < 4.78 is 30.0. The van der Waals surface area contributed by atoms with Crippen molar-refractivity contribution in [2.45, 2.75) is 25.2 Å². The Morgan fingerprint density at radius 1 is 0.769 bits per heavy atom. The van der Waals surface area contributed by atoms with Crippen LogP contribution in [0.25, 0.3) is 16.7 Å². The smallest absolute Gasteiger partial charge is 0.243 e. The number of rotatable bonds is 6. The maximum absolute atomic E-state index is 13.3. The van der Waals surface area contributed by atoms with E-state index in [2.05, 4.69) is 17.0 Å². The molecule has 0 spiro atoms. The third-order valence-electron chi connectivity index (χ3n) is 7.13. The Morgan fingerprint density at radius 3 is 2.08 bits per heavy atom. The minimum Gasteiger partial charge on any atom is -0.353 e. The van der Waals surface area contributed by atoms with Gasteiger partial charge in [-0.3, -0.25) is 0 Å². The van der Waals surface area contributed by atoms with Gasteiger partial charge >= 0.3 is 0 Å². The van der Waals surface area contributed by atoms with Crippen molar-refractivity contribution in [2.24, 2.45) is 0 Å². The molecule has 0 bridgehead atoms. The summed E-state index contributed by atoms with van der Waals surface area (Å²) >= 11 is 0. The van der Waals surface area contributed by atoms with E-state index in [0.717, 1.165) is 39.4 Å². The van der Waals surface area contributed by atoms with E-state index < -0.39 is 10.0 Å². The van der Waals surface area contributed by atoms with Crippen molar-refractivity contribution in [3.8, 4) is 5.69 Å². The molecule has 3 heterocycles. The van der Waals surface area contributed by atoms with Gasteiger partial charge in [0.2, 0.25) is 10.0 Å². The Bertz CT molecular complexity index is 1710. The fraction of sp³-hybridized carbons (Fsp3) is 0.233. The van der Waals surface area contributed by atoms with Crippen LogP contribution in [-0.4, -0.2) is 58.7 Å². The molecule has 0 unspecified atom stereocenters. The monoisotopic (exact) mass is 538 g/mol. The third kappa shape index (κ3) is 4.91. The van der Waals surface area contributed by atoms with E-state index in [0.29, 0.717) is 43.3 Å². The van der Waals surface area contributed by atoms with Crippen LogP contribution in [0.1, 0.15) is 22.6 Å². The van der Waals surface area contributed by atoms with Crippen molar-refractivity contribution >= 4 is 26.9 Å². The summed E-state index contributed by atoms with van der Waals surface area (Å²) in [5, 5.41) is 5.74. The Kier molecular flexibility index (Phi) is 6.62. The molecule has 0 radical (unpaired) electrons. The van der Waals surface area contributed by atoms with Gasteiger partial charge in [-0.1, -0.05) is 66.2 Å². The Morgan fingerprint density at radius 2 is 1.41 bits per heavy atom. The number of hydrogen-bond donors (Lipinski definition) is 0. The zero-order chi connectivity index (χ0) is 27.0. The lowest BCUT2D eigenvalue weighted by molar-refractivity contribution is 0.384. The number of sulfonamides is 1. The first kappa shape index (κ1) is 25.2. The van der Waals surface area contributed by atoms with Gasteiger partial charge in [-0.05, 0) is 43.7 Å². The summed E-state index contributed by atoms with van der Waals surface area (Å²) in [6.45, 7) is 5.73. The number of aryl methyl sites for hydroxylation is 2. The zero-order valence-corrected chi connectivity index (χ0v) is 22.8. The maximum Gasteiger partial charge on any atom is 0.243 e. The van der Waals surface area contributed by atoms with Crippen LogP contribution in [0.4, 0.5) is 5.82 Å². The molecular formula is C30H30N6O2S. The molecule has 0 aliphatic carbocycles. The summed E-state index contributed by atoms with van der Waals surface area (Å²) in [5.41, 5.74) is 4.68. The normalized spacial score (nSPS) is 14.7. The molecule has 6 rings (SSSR count). The zero-order valence-electron chi connectivity index (χ0n) is 22.0. The molecule has 0 N–H and O–H groups in total. The standard InChI is InChI=1S/C30H30N6O2S/c1-22-13-15-26(16-14-22)39(37,38)35-19-17-34(18-20-35)29-28-23(2)33-36(25-11-7-4-8-12-25)30(28)32-27(31-29)21-24-9-5-3-6-10-24/h3-16H,17-21H2,1-2H3. The largest absolute Gasteiger partial charge is 0.353 e. The molecule has 2 aromatic heterocycles. The fourth-order valence-electron chi connectivity index (χ4n) is 5.04. The average Bonchev–Trinajstić information content (AvgIpc) is 3.30. The van der Waals surface area contributed by atoms with Crippen molar-refractivity contribution in [3.05, 3.63) is 108 Å². The topological polar surface area (TPSA) is 84.2 Å². The Hall–Kier alpha value is -4.08. The lowest BCUT2D eigenvalue weighted by Gasteiger charge is -2.35. The highest BCUT2D eigenvalue weighted by Crippen LogP contribution is 2.31. The van der Waals surface area contributed by atoms with Crippen molar-refractivity contribution in [1.82, 2.24) is 24.1 Å². The van der Waals surface area contributed by atoms with E-state index >= 15 is 0 Å². The summed E-state index contributed by atoms with van der Waals surface area (Å²) in [5.74, 6) is 1.51. The third-order valence-corrected chi connectivity index (χ3v) is 9.05. The number of hydrogen-bond acceptors (Lipinski definition) is 6. The number of nitrogens with zero attached hydrogens (tertiary/aromatic N) is 6. The quantitative estimate of drug-likeness (QED) is 0.316. The molecule has 1 fully saturated rings. The predicted octanol–water partition coefficient (Wildman–Crippen LogP) is 4.53. The highest BCUT2D eigenvalue weighted by molar-refractivity contribution is 7.89. The first-order valence-electron chi connectivity index (χ1n) is 13.1. The van der Waals surface area contributed by atoms with E-state index in [1.54, 1.807) is 16.4 Å². The number of piperazine rings is 1. The van der Waals surface area contributed by atoms with E-state index in [-0.39, 0.29) is 0 Å². The molecular weight excluding hydrogens is 508 g/mol. The van der Waals surface area contributed by atoms with E-state index in [1.807, 2.05) is 79.2 Å². The van der Waals surface area contributed by atoms with Crippen LogP contribution in [0, 0.1) is 13.8 Å². The minimum atomic E-state index is -3.56.